The number of hydrogen-bond donors (Lipinski definition) is 1. The van der Waals surface area contributed by atoms with Gasteiger partial charge in [0.1, 0.15) is 0 Å². The Balaban J connectivity index is 1.39. The zero-order valence-electron chi connectivity index (χ0n) is 20.1. The van der Waals surface area contributed by atoms with E-state index < -0.39 is 7.12 Å². The summed E-state index contributed by atoms with van der Waals surface area (Å²) in [6.45, 7) is 11.1. The molecular formula is C25H34BCl2NO4. The van der Waals surface area contributed by atoms with E-state index >= 15 is 0 Å². The van der Waals surface area contributed by atoms with Gasteiger partial charge in [-0.25, -0.2) is 0 Å². The lowest BCUT2D eigenvalue weighted by Crippen LogP contribution is -2.65. The number of ketones is 1. The second-order valence-electron chi connectivity index (χ2n) is 11.2. The molecule has 2 bridgehead atoms. The Bertz CT molecular complexity index is 939. The molecule has 0 spiro atoms. The smallest absolute Gasteiger partial charge is 0.404 e. The third kappa shape index (κ3) is 4.73. The molecule has 1 heterocycles. The van der Waals surface area contributed by atoms with E-state index in [0.29, 0.717) is 33.4 Å². The molecule has 3 aliphatic carbocycles. The van der Waals surface area contributed by atoms with E-state index in [-0.39, 0.29) is 47.6 Å². The Morgan fingerprint density at radius 2 is 1.91 bits per heavy atom. The number of rotatable bonds is 8. The van der Waals surface area contributed by atoms with Gasteiger partial charge >= 0.3 is 7.12 Å². The van der Waals surface area contributed by atoms with Crippen LogP contribution in [-0.4, -0.2) is 36.5 Å². The molecule has 5 atom stereocenters. The Morgan fingerprint density at radius 3 is 2.58 bits per heavy atom. The zero-order chi connectivity index (χ0) is 24.1. The van der Waals surface area contributed by atoms with Gasteiger partial charge in [0.15, 0.2) is 5.78 Å². The highest BCUT2D eigenvalue weighted by Crippen LogP contribution is 2.65. The van der Waals surface area contributed by atoms with E-state index in [9.17, 15) is 9.59 Å². The van der Waals surface area contributed by atoms with E-state index in [2.05, 4.69) is 39.9 Å². The van der Waals surface area contributed by atoms with Gasteiger partial charge in [-0.3, -0.25) is 9.59 Å². The predicted octanol–water partition coefficient (Wildman–Crippen LogP) is 5.75. The first kappa shape index (κ1) is 25.0. The largest absolute Gasteiger partial charge is 0.481 e. The Kier molecular flexibility index (Phi) is 6.96. The van der Waals surface area contributed by atoms with Crippen LogP contribution in [0.3, 0.4) is 0 Å². The lowest BCUT2D eigenvalue weighted by atomic mass is 9.43. The van der Waals surface area contributed by atoms with Crippen molar-refractivity contribution < 1.29 is 18.9 Å². The number of Topliss-reactive ketones (excluding diaryl/α,β-unsaturated/α-hetero) is 1. The standard InChI is InChI=1S/C25H34BCl2NO4/c1-14(2)10-22(26-32-21-12-15-11-20(24(15,3)4)25(21,5)33-26)29-23(31)9-8-19(30)17-13-16(27)6-7-18(17)28/h6-7,13-15,20-22H,8-12H2,1-5H3,(H,29,31)/t15-,20-,21?,22?,25-/m0/s1. The van der Waals surface area contributed by atoms with Crippen molar-refractivity contribution in [3.05, 3.63) is 33.8 Å². The average molecular weight is 494 g/mol. The van der Waals surface area contributed by atoms with Gasteiger partial charge in [-0.05, 0) is 67.6 Å². The highest BCUT2D eigenvalue weighted by Gasteiger charge is 2.68. The summed E-state index contributed by atoms with van der Waals surface area (Å²) in [6, 6.07) is 4.77. The first-order chi connectivity index (χ1) is 15.4. The van der Waals surface area contributed by atoms with Crippen LogP contribution in [0.25, 0.3) is 0 Å². The highest BCUT2D eigenvalue weighted by atomic mass is 35.5. The van der Waals surface area contributed by atoms with Gasteiger partial charge in [0, 0.05) is 23.4 Å². The van der Waals surface area contributed by atoms with Crippen LogP contribution in [0.1, 0.15) is 77.1 Å². The number of hydrogen-bond acceptors (Lipinski definition) is 4. The van der Waals surface area contributed by atoms with Crippen LogP contribution in [0.2, 0.25) is 10.0 Å². The van der Waals surface area contributed by atoms with Crippen LogP contribution in [-0.2, 0) is 14.1 Å². The number of halogens is 2. The zero-order valence-corrected chi connectivity index (χ0v) is 21.6. The van der Waals surface area contributed by atoms with E-state index in [0.717, 1.165) is 12.8 Å². The molecule has 8 heteroatoms. The Morgan fingerprint density at radius 1 is 1.18 bits per heavy atom. The van der Waals surface area contributed by atoms with E-state index in [1.54, 1.807) is 18.2 Å². The minimum absolute atomic E-state index is 0.0605. The number of carbonyl (C=O) groups excluding carboxylic acids is 2. The van der Waals surface area contributed by atoms with Crippen molar-refractivity contribution in [2.75, 3.05) is 0 Å². The van der Waals surface area contributed by atoms with Crippen molar-refractivity contribution >= 4 is 42.0 Å². The first-order valence-corrected chi connectivity index (χ1v) is 12.8. The van der Waals surface area contributed by atoms with Crippen molar-refractivity contribution in [3.63, 3.8) is 0 Å². The summed E-state index contributed by atoms with van der Waals surface area (Å²) in [5, 5.41) is 3.88. The third-order valence-corrected chi connectivity index (χ3v) is 8.74. The molecule has 1 aliphatic heterocycles. The maximum atomic E-state index is 12.8. The molecule has 1 aromatic rings. The van der Waals surface area contributed by atoms with Gasteiger partial charge in [0.25, 0.3) is 0 Å². The Hall–Kier alpha value is -1.08. The molecule has 3 saturated carbocycles. The van der Waals surface area contributed by atoms with Gasteiger partial charge in [0.05, 0.1) is 22.7 Å². The monoisotopic (exact) mass is 493 g/mol. The van der Waals surface area contributed by atoms with Gasteiger partial charge in [-0.2, -0.15) is 0 Å². The molecule has 5 nitrogen and oxygen atoms in total. The summed E-state index contributed by atoms with van der Waals surface area (Å²) in [6.07, 6.45) is 3.13. The lowest BCUT2D eigenvalue weighted by molar-refractivity contribution is -0.199. The summed E-state index contributed by atoms with van der Waals surface area (Å²) in [5.74, 6) is 0.843. The van der Waals surface area contributed by atoms with Gasteiger partial charge in [-0.15, -0.1) is 0 Å². The maximum absolute atomic E-state index is 12.8. The highest BCUT2D eigenvalue weighted by molar-refractivity contribution is 6.47. The molecule has 2 unspecified atom stereocenters. The minimum Gasteiger partial charge on any atom is -0.404 e. The van der Waals surface area contributed by atoms with E-state index in [1.165, 1.54) is 6.42 Å². The van der Waals surface area contributed by atoms with Crippen LogP contribution >= 0.6 is 23.2 Å². The van der Waals surface area contributed by atoms with Crippen LogP contribution in [0.4, 0.5) is 0 Å². The van der Waals surface area contributed by atoms with Crippen molar-refractivity contribution in [2.24, 2.45) is 23.2 Å². The molecule has 33 heavy (non-hydrogen) atoms. The molecule has 1 saturated heterocycles. The lowest BCUT2D eigenvalue weighted by Gasteiger charge is -2.64. The summed E-state index contributed by atoms with van der Waals surface area (Å²) in [7, 11) is -0.473. The van der Waals surface area contributed by atoms with Crippen LogP contribution in [0.5, 0.6) is 0 Å². The Labute approximate surface area is 207 Å². The van der Waals surface area contributed by atoms with Crippen molar-refractivity contribution in [2.45, 2.75) is 84.4 Å². The third-order valence-electron chi connectivity index (χ3n) is 8.18. The molecule has 180 valence electrons. The normalized spacial score (nSPS) is 30.5. The second-order valence-corrected chi connectivity index (χ2v) is 12.0. The van der Waals surface area contributed by atoms with Gasteiger partial charge < -0.3 is 14.6 Å². The number of benzene rings is 1. The molecular weight excluding hydrogens is 460 g/mol. The van der Waals surface area contributed by atoms with Crippen molar-refractivity contribution in [1.82, 2.24) is 5.32 Å². The molecule has 4 fully saturated rings. The molecule has 5 rings (SSSR count). The van der Waals surface area contributed by atoms with E-state index in [4.69, 9.17) is 32.5 Å². The van der Waals surface area contributed by atoms with Crippen molar-refractivity contribution in [3.8, 4) is 0 Å². The first-order valence-electron chi connectivity index (χ1n) is 12.0. The molecule has 1 aromatic carbocycles. The van der Waals surface area contributed by atoms with Crippen LogP contribution in [0.15, 0.2) is 18.2 Å². The second kappa shape index (κ2) is 9.18. The fraction of sp³-hybridized carbons (Fsp3) is 0.680. The molecule has 0 radical (unpaired) electrons. The minimum atomic E-state index is -0.473. The number of amides is 1. The van der Waals surface area contributed by atoms with Gasteiger partial charge in [-0.1, -0.05) is 50.9 Å². The molecule has 0 aromatic heterocycles. The average Bonchev–Trinajstić information content (AvgIpc) is 3.10. The summed E-state index contributed by atoms with van der Waals surface area (Å²) in [5.41, 5.74) is 0.293. The predicted molar refractivity (Wildman–Crippen MR) is 132 cm³/mol. The molecule has 1 amide bonds. The fourth-order valence-electron chi connectivity index (χ4n) is 6.17. The summed E-state index contributed by atoms with van der Waals surface area (Å²) < 4.78 is 13.0. The van der Waals surface area contributed by atoms with Gasteiger partial charge in [0.2, 0.25) is 5.91 Å². The maximum Gasteiger partial charge on any atom is 0.481 e. The number of carbonyl (C=O) groups is 2. The number of nitrogens with one attached hydrogen (secondary N) is 1. The summed E-state index contributed by atoms with van der Waals surface area (Å²) in [4.78, 5) is 25.4. The fourth-order valence-corrected chi connectivity index (χ4v) is 6.56. The van der Waals surface area contributed by atoms with E-state index in [1.807, 2.05) is 0 Å². The SMILES string of the molecule is CC(C)CC(NC(=O)CCC(=O)c1cc(Cl)ccc1Cl)B1OC2C[C@@H]3C[C@@H](C3(C)C)[C@]2(C)O1. The van der Waals surface area contributed by atoms with Crippen molar-refractivity contribution in [1.29, 1.82) is 0 Å². The van der Waals surface area contributed by atoms with Crippen LogP contribution < -0.4 is 5.32 Å². The van der Waals surface area contributed by atoms with Crippen LogP contribution in [0, 0.1) is 23.2 Å². The quantitative estimate of drug-likeness (QED) is 0.369. The molecule has 1 N–H and O–H groups in total. The summed E-state index contributed by atoms with van der Waals surface area (Å²) >= 11 is 12.1. The molecule has 4 aliphatic rings. The topological polar surface area (TPSA) is 64.6 Å².